The lowest BCUT2D eigenvalue weighted by Gasteiger charge is -2.27. The maximum atomic E-state index is 13.2. The van der Waals surface area contributed by atoms with Crippen LogP contribution in [0.3, 0.4) is 0 Å². The number of amides is 1. The molecule has 7 heteroatoms. The van der Waals surface area contributed by atoms with E-state index in [0.717, 1.165) is 48.6 Å². The second kappa shape index (κ2) is 9.20. The molecule has 1 aliphatic rings. The molecule has 0 spiro atoms. The highest BCUT2D eigenvalue weighted by Crippen LogP contribution is 2.23. The maximum absolute atomic E-state index is 13.2. The average molecular weight is 420 g/mol. The Bertz CT molecular complexity index is 1080. The zero-order valence-corrected chi connectivity index (χ0v) is 18.1. The van der Waals surface area contributed by atoms with Gasteiger partial charge in [-0.3, -0.25) is 9.36 Å². The standard InChI is InChI=1S/C24H29N5O2/c1-18(2)29(21-14-12-20(13-15-21)25-19-9-5-3-6-10-19)23(30)17-28-24(31)27-16-8-4-7-11-22(27)26-28/h3,5-6,9-10,12-15,18,25H,4,7-8,11,16-17H2,1-2H3. The van der Waals surface area contributed by atoms with Gasteiger partial charge >= 0.3 is 5.69 Å². The fourth-order valence-electron chi connectivity index (χ4n) is 4.06. The maximum Gasteiger partial charge on any atom is 0.346 e. The summed E-state index contributed by atoms with van der Waals surface area (Å²) in [4.78, 5) is 27.6. The highest BCUT2D eigenvalue weighted by Gasteiger charge is 2.23. The van der Waals surface area contributed by atoms with Crippen molar-refractivity contribution in [1.29, 1.82) is 0 Å². The van der Waals surface area contributed by atoms with E-state index in [1.807, 2.05) is 68.4 Å². The molecule has 7 nitrogen and oxygen atoms in total. The van der Waals surface area contributed by atoms with Crippen LogP contribution in [0.4, 0.5) is 17.1 Å². The minimum Gasteiger partial charge on any atom is -0.356 e. The van der Waals surface area contributed by atoms with Gasteiger partial charge in [-0.15, -0.1) is 0 Å². The van der Waals surface area contributed by atoms with Gasteiger partial charge in [0.05, 0.1) is 0 Å². The number of carbonyl (C=O) groups excluding carboxylic acids is 1. The summed E-state index contributed by atoms with van der Waals surface area (Å²) in [5.74, 6) is 0.650. The largest absolute Gasteiger partial charge is 0.356 e. The zero-order valence-electron chi connectivity index (χ0n) is 18.1. The highest BCUT2D eigenvalue weighted by atomic mass is 16.2. The first-order valence-corrected chi connectivity index (χ1v) is 10.9. The molecule has 2 aromatic carbocycles. The fourth-order valence-corrected chi connectivity index (χ4v) is 4.06. The van der Waals surface area contributed by atoms with Crippen molar-refractivity contribution in [3.8, 4) is 0 Å². The lowest BCUT2D eigenvalue weighted by molar-refractivity contribution is -0.119. The molecular weight excluding hydrogens is 390 g/mol. The van der Waals surface area contributed by atoms with Crippen LogP contribution in [0.1, 0.15) is 38.9 Å². The predicted octanol–water partition coefficient (Wildman–Crippen LogP) is 3.96. The van der Waals surface area contributed by atoms with Gasteiger partial charge in [-0.25, -0.2) is 9.48 Å². The lowest BCUT2D eigenvalue weighted by Crippen LogP contribution is -2.41. The Labute approximate surface area is 182 Å². The van der Waals surface area contributed by atoms with Gasteiger partial charge in [-0.2, -0.15) is 5.10 Å². The second-order valence-electron chi connectivity index (χ2n) is 8.21. The first kappa shape index (κ1) is 20.9. The number of aryl methyl sites for hydroxylation is 1. The lowest BCUT2D eigenvalue weighted by atomic mass is 10.2. The molecule has 1 amide bonds. The van der Waals surface area contributed by atoms with Crippen LogP contribution in [0, 0.1) is 0 Å². The van der Waals surface area contributed by atoms with Crippen LogP contribution in [0.25, 0.3) is 0 Å². The molecular formula is C24H29N5O2. The number of fused-ring (bicyclic) bond motifs is 1. The third-order valence-electron chi connectivity index (χ3n) is 5.56. The first-order chi connectivity index (χ1) is 15.0. The van der Waals surface area contributed by atoms with Crippen LogP contribution in [0.2, 0.25) is 0 Å². The number of nitrogens with zero attached hydrogens (tertiary/aromatic N) is 4. The molecule has 0 unspecified atom stereocenters. The molecule has 0 saturated heterocycles. The van der Waals surface area contributed by atoms with E-state index in [1.165, 1.54) is 4.68 Å². The zero-order chi connectivity index (χ0) is 21.8. The Balaban J connectivity index is 1.51. The summed E-state index contributed by atoms with van der Waals surface area (Å²) in [6, 6.07) is 17.7. The molecule has 0 radical (unpaired) electrons. The van der Waals surface area contributed by atoms with Gasteiger partial charge in [-0.1, -0.05) is 24.6 Å². The minimum atomic E-state index is -0.184. The number of anilines is 3. The molecule has 0 atom stereocenters. The Hall–Kier alpha value is -3.35. The smallest absolute Gasteiger partial charge is 0.346 e. The molecule has 1 aliphatic heterocycles. The molecule has 0 fully saturated rings. The summed E-state index contributed by atoms with van der Waals surface area (Å²) in [5.41, 5.74) is 2.56. The van der Waals surface area contributed by atoms with E-state index in [1.54, 1.807) is 9.47 Å². The Kier molecular flexibility index (Phi) is 6.21. The van der Waals surface area contributed by atoms with Gasteiger partial charge in [0.15, 0.2) is 0 Å². The second-order valence-corrected chi connectivity index (χ2v) is 8.21. The quantitative estimate of drug-likeness (QED) is 0.657. The number of aromatic nitrogens is 3. The number of hydrogen-bond acceptors (Lipinski definition) is 4. The van der Waals surface area contributed by atoms with E-state index in [-0.39, 0.29) is 24.2 Å². The van der Waals surface area contributed by atoms with Crippen LogP contribution < -0.4 is 15.9 Å². The summed E-state index contributed by atoms with van der Waals surface area (Å²) >= 11 is 0. The molecule has 0 saturated carbocycles. The van der Waals surface area contributed by atoms with E-state index in [4.69, 9.17) is 0 Å². The molecule has 162 valence electrons. The van der Waals surface area contributed by atoms with Gasteiger partial charge in [0.1, 0.15) is 12.4 Å². The Morgan fingerprint density at radius 3 is 2.45 bits per heavy atom. The molecule has 0 bridgehead atoms. The number of carbonyl (C=O) groups is 1. The summed E-state index contributed by atoms with van der Waals surface area (Å²) in [5, 5.41) is 7.80. The van der Waals surface area contributed by atoms with Gasteiger partial charge < -0.3 is 10.2 Å². The number of rotatable bonds is 6. The topological polar surface area (TPSA) is 72.2 Å². The number of para-hydroxylation sites is 1. The Morgan fingerprint density at radius 2 is 1.74 bits per heavy atom. The SMILES string of the molecule is CC(C)N(C(=O)Cn1nc2n(c1=O)CCCCC2)c1ccc(Nc2ccccc2)cc1. The van der Waals surface area contributed by atoms with Gasteiger partial charge in [-0.05, 0) is 63.1 Å². The summed E-state index contributed by atoms with van der Waals surface area (Å²) < 4.78 is 3.05. The van der Waals surface area contributed by atoms with Gasteiger partial charge in [0.25, 0.3) is 0 Å². The summed E-state index contributed by atoms with van der Waals surface area (Å²) in [6.45, 7) is 4.57. The normalized spacial score (nSPS) is 13.5. The van der Waals surface area contributed by atoms with Crippen LogP contribution in [-0.4, -0.2) is 26.3 Å². The number of benzene rings is 2. The minimum absolute atomic E-state index is 0.0448. The van der Waals surface area contributed by atoms with E-state index < -0.39 is 0 Å². The highest BCUT2D eigenvalue weighted by molar-refractivity contribution is 5.93. The van der Waals surface area contributed by atoms with E-state index >= 15 is 0 Å². The van der Waals surface area contributed by atoms with Crippen molar-refractivity contribution in [1.82, 2.24) is 14.3 Å². The summed E-state index contributed by atoms with van der Waals surface area (Å²) in [6.07, 6.45) is 3.91. The number of nitrogens with one attached hydrogen (secondary N) is 1. The monoisotopic (exact) mass is 419 g/mol. The van der Waals surface area contributed by atoms with E-state index in [0.29, 0.717) is 6.54 Å². The summed E-state index contributed by atoms with van der Waals surface area (Å²) in [7, 11) is 0. The van der Waals surface area contributed by atoms with Crippen molar-refractivity contribution in [3.05, 3.63) is 70.9 Å². The third kappa shape index (κ3) is 4.71. The first-order valence-electron chi connectivity index (χ1n) is 10.9. The molecule has 1 N–H and O–H groups in total. The molecule has 3 aromatic rings. The van der Waals surface area contributed by atoms with Crippen molar-refractivity contribution in [2.45, 2.75) is 58.7 Å². The molecule has 31 heavy (non-hydrogen) atoms. The Morgan fingerprint density at radius 1 is 1.03 bits per heavy atom. The van der Waals surface area contributed by atoms with Crippen molar-refractivity contribution in [2.75, 3.05) is 10.2 Å². The van der Waals surface area contributed by atoms with Gasteiger partial charge in [0.2, 0.25) is 5.91 Å². The average Bonchev–Trinajstić information content (AvgIpc) is 2.92. The molecule has 4 rings (SSSR count). The van der Waals surface area contributed by atoms with E-state index in [2.05, 4.69) is 10.4 Å². The van der Waals surface area contributed by atoms with E-state index in [9.17, 15) is 9.59 Å². The van der Waals surface area contributed by atoms with Crippen molar-refractivity contribution >= 4 is 23.0 Å². The van der Waals surface area contributed by atoms with Crippen LogP contribution in [-0.2, 0) is 24.3 Å². The van der Waals surface area contributed by atoms with Crippen molar-refractivity contribution in [3.63, 3.8) is 0 Å². The molecule has 1 aromatic heterocycles. The van der Waals surface area contributed by atoms with Gasteiger partial charge in [0, 0.05) is 36.1 Å². The van der Waals surface area contributed by atoms with Crippen LogP contribution >= 0.6 is 0 Å². The van der Waals surface area contributed by atoms with Crippen LogP contribution in [0.5, 0.6) is 0 Å². The van der Waals surface area contributed by atoms with Crippen LogP contribution in [0.15, 0.2) is 59.4 Å². The number of hydrogen-bond donors (Lipinski definition) is 1. The molecule has 0 aliphatic carbocycles. The fraction of sp³-hybridized carbons (Fsp3) is 0.375. The van der Waals surface area contributed by atoms with Crippen molar-refractivity contribution < 1.29 is 4.79 Å². The van der Waals surface area contributed by atoms with Crippen molar-refractivity contribution in [2.24, 2.45) is 0 Å². The molecule has 2 heterocycles. The third-order valence-corrected chi connectivity index (χ3v) is 5.56. The predicted molar refractivity (Wildman–Crippen MR) is 123 cm³/mol.